The minimum absolute atomic E-state index is 0.342. The SMILES string of the molecule is FC(F)(F)c1cccc(Nc2nc(-c3cnc4ccccn34)cs2)c1. The second-order valence-corrected chi connectivity index (χ2v) is 6.17. The normalized spacial score (nSPS) is 11.8. The number of nitrogens with zero attached hydrogens (tertiary/aromatic N) is 3. The highest BCUT2D eigenvalue weighted by molar-refractivity contribution is 7.14. The number of fused-ring (bicyclic) bond motifs is 1. The van der Waals surface area contributed by atoms with Gasteiger partial charge in [0.1, 0.15) is 11.3 Å². The molecule has 3 heterocycles. The number of rotatable bonds is 3. The molecule has 8 heteroatoms. The number of anilines is 2. The van der Waals surface area contributed by atoms with Gasteiger partial charge in [0.05, 0.1) is 17.5 Å². The molecule has 126 valence electrons. The first-order chi connectivity index (χ1) is 12.0. The minimum Gasteiger partial charge on any atom is -0.332 e. The molecule has 0 saturated heterocycles. The zero-order valence-electron chi connectivity index (χ0n) is 12.7. The summed E-state index contributed by atoms with van der Waals surface area (Å²) in [6, 6.07) is 10.7. The molecule has 3 aromatic heterocycles. The van der Waals surface area contributed by atoms with E-state index in [1.165, 1.54) is 17.4 Å². The van der Waals surface area contributed by atoms with E-state index in [-0.39, 0.29) is 0 Å². The van der Waals surface area contributed by atoms with Gasteiger partial charge in [-0.05, 0) is 30.3 Å². The molecule has 0 unspecified atom stereocenters. The largest absolute Gasteiger partial charge is 0.416 e. The summed E-state index contributed by atoms with van der Waals surface area (Å²) in [4.78, 5) is 8.76. The van der Waals surface area contributed by atoms with Crippen molar-refractivity contribution in [2.75, 3.05) is 5.32 Å². The summed E-state index contributed by atoms with van der Waals surface area (Å²) in [5, 5.41) is 5.28. The van der Waals surface area contributed by atoms with E-state index in [1.54, 1.807) is 12.3 Å². The van der Waals surface area contributed by atoms with Gasteiger partial charge in [-0.2, -0.15) is 13.2 Å². The van der Waals surface area contributed by atoms with E-state index >= 15 is 0 Å². The van der Waals surface area contributed by atoms with Crippen LogP contribution in [0.4, 0.5) is 24.0 Å². The number of halogens is 3. The third-order valence-corrected chi connectivity index (χ3v) is 4.38. The maximum atomic E-state index is 12.8. The van der Waals surface area contributed by atoms with Gasteiger partial charge >= 0.3 is 6.18 Å². The number of imidazole rings is 1. The molecule has 0 atom stereocenters. The van der Waals surface area contributed by atoms with E-state index in [2.05, 4.69) is 15.3 Å². The highest BCUT2D eigenvalue weighted by Gasteiger charge is 2.30. The second kappa shape index (κ2) is 5.89. The Morgan fingerprint density at radius 2 is 1.96 bits per heavy atom. The fourth-order valence-electron chi connectivity index (χ4n) is 2.47. The lowest BCUT2D eigenvalue weighted by atomic mass is 10.2. The van der Waals surface area contributed by atoms with Crippen molar-refractivity contribution in [2.45, 2.75) is 6.18 Å². The minimum atomic E-state index is -4.37. The van der Waals surface area contributed by atoms with E-state index in [0.717, 1.165) is 23.5 Å². The molecular formula is C17H11F3N4S. The number of alkyl halides is 3. The van der Waals surface area contributed by atoms with Crippen LogP contribution in [0.2, 0.25) is 0 Å². The first-order valence-electron chi connectivity index (χ1n) is 7.33. The van der Waals surface area contributed by atoms with Crippen molar-refractivity contribution in [1.29, 1.82) is 0 Å². The molecule has 4 rings (SSSR count). The van der Waals surface area contributed by atoms with Crippen molar-refractivity contribution >= 4 is 27.8 Å². The molecule has 0 bridgehead atoms. The van der Waals surface area contributed by atoms with Crippen molar-refractivity contribution in [1.82, 2.24) is 14.4 Å². The lowest BCUT2D eigenvalue weighted by molar-refractivity contribution is -0.137. The van der Waals surface area contributed by atoms with Crippen LogP contribution in [0.15, 0.2) is 60.2 Å². The Morgan fingerprint density at radius 3 is 2.80 bits per heavy atom. The molecule has 0 aliphatic carbocycles. The maximum absolute atomic E-state index is 12.8. The van der Waals surface area contributed by atoms with Gasteiger partial charge in [-0.1, -0.05) is 12.1 Å². The summed E-state index contributed by atoms with van der Waals surface area (Å²) in [6.45, 7) is 0. The summed E-state index contributed by atoms with van der Waals surface area (Å²) < 4.78 is 40.3. The van der Waals surface area contributed by atoms with Crippen LogP contribution >= 0.6 is 11.3 Å². The van der Waals surface area contributed by atoms with Gasteiger partial charge in [0, 0.05) is 17.3 Å². The Labute approximate surface area is 144 Å². The number of nitrogens with one attached hydrogen (secondary N) is 1. The van der Waals surface area contributed by atoms with E-state index < -0.39 is 11.7 Å². The second-order valence-electron chi connectivity index (χ2n) is 5.31. The van der Waals surface area contributed by atoms with Crippen LogP contribution < -0.4 is 5.32 Å². The Balaban J connectivity index is 1.62. The van der Waals surface area contributed by atoms with Crippen molar-refractivity contribution in [3.63, 3.8) is 0 Å². The first kappa shape index (κ1) is 15.6. The zero-order chi connectivity index (χ0) is 17.4. The maximum Gasteiger partial charge on any atom is 0.416 e. The Morgan fingerprint density at radius 1 is 1.08 bits per heavy atom. The Hall–Kier alpha value is -2.87. The summed E-state index contributed by atoms with van der Waals surface area (Å²) in [6.07, 6.45) is -0.766. The van der Waals surface area contributed by atoms with Gasteiger partial charge in [0.15, 0.2) is 5.13 Å². The van der Waals surface area contributed by atoms with Crippen LogP contribution in [0.3, 0.4) is 0 Å². The molecule has 4 nitrogen and oxygen atoms in total. The zero-order valence-corrected chi connectivity index (χ0v) is 13.5. The molecule has 0 aliphatic rings. The molecule has 1 aromatic carbocycles. The number of benzene rings is 1. The van der Waals surface area contributed by atoms with Crippen molar-refractivity contribution in [3.05, 3.63) is 65.8 Å². The van der Waals surface area contributed by atoms with Crippen LogP contribution in [0, 0.1) is 0 Å². The number of hydrogen-bond acceptors (Lipinski definition) is 4. The lowest BCUT2D eigenvalue weighted by Gasteiger charge is -2.08. The van der Waals surface area contributed by atoms with Crippen LogP contribution in [0.1, 0.15) is 5.56 Å². The number of pyridine rings is 1. The molecular weight excluding hydrogens is 349 g/mol. The fraction of sp³-hybridized carbons (Fsp3) is 0.0588. The number of aromatic nitrogens is 3. The average Bonchev–Trinajstić information content (AvgIpc) is 3.21. The lowest BCUT2D eigenvalue weighted by Crippen LogP contribution is -2.05. The van der Waals surface area contributed by atoms with E-state index in [4.69, 9.17) is 0 Å². The highest BCUT2D eigenvalue weighted by Crippen LogP contribution is 2.32. The van der Waals surface area contributed by atoms with Crippen LogP contribution in [0.5, 0.6) is 0 Å². The average molecular weight is 360 g/mol. The topological polar surface area (TPSA) is 42.2 Å². The monoisotopic (exact) mass is 360 g/mol. The van der Waals surface area contributed by atoms with Gasteiger partial charge in [-0.25, -0.2) is 9.97 Å². The van der Waals surface area contributed by atoms with E-state index in [1.807, 2.05) is 34.2 Å². The van der Waals surface area contributed by atoms with Crippen molar-refractivity contribution in [2.24, 2.45) is 0 Å². The molecule has 25 heavy (non-hydrogen) atoms. The summed E-state index contributed by atoms with van der Waals surface area (Å²) >= 11 is 1.32. The number of thiazole rings is 1. The standard InChI is InChI=1S/C17H11F3N4S/c18-17(19,20)11-4-3-5-12(8-11)22-16-23-13(10-25-16)14-9-21-15-6-1-2-7-24(14)15/h1-10H,(H,22,23). The quantitative estimate of drug-likeness (QED) is 0.545. The van der Waals surface area contributed by atoms with Crippen molar-refractivity contribution in [3.8, 4) is 11.4 Å². The molecule has 4 aromatic rings. The molecule has 0 spiro atoms. The highest BCUT2D eigenvalue weighted by atomic mass is 32.1. The molecule has 0 aliphatic heterocycles. The van der Waals surface area contributed by atoms with Crippen LogP contribution in [-0.4, -0.2) is 14.4 Å². The molecule has 0 fully saturated rings. The molecule has 1 N–H and O–H groups in total. The van der Waals surface area contributed by atoms with E-state index in [9.17, 15) is 13.2 Å². The fourth-order valence-corrected chi connectivity index (χ4v) is 3.19. The number of hydrogen-bond donors (Lipinski definition) is 1. The summed E-state index contributed by atoms with van der Waals surface area (Å²) in [7, 11) is 0. The van der Waals surface area contributed by atoms with Gasteiger partial charge in [-0.3, -0.25) is 4.40 Å². The van der Waals surface area contributed by atoms with E-state index in [0.29, 0.717) is 16.5 Å². The summed E-state index contributed by atoms with van der Waals surface area (Å²) in [5.74, 6) is 0. The van der Waals surface area contributed by atoms with Gasteiger partial charge in [0.2, 0.25) is 0 Å². The van der Waals surface area contributed by atoms with Crippen molar-refractivity contribution < 1.29 is 13.2 Å². The van der Waals surface area contributed by atoms with Gasteiger partial charge < -0.3 is 5.32 Å². The predicted molar refractivity (Wildman–Crippen MR) is 91.0 cm³/mol. The van der Waals surface area contributed by atoms with Crippen LogP contribution in [0.25, 0.3) is 17.0 Å². The first-order valence-corrected chi connectivity index (χ1v) is 8.21. The predicted octanol–water partition coefficient (Wildman–Crippen LogP) is 5.22. The third kappa shape index (κ3) is 3.08. The summed E-state index contributed by atoms with van der Waals surface area (Å²) in [5.41, 5.74) is 1.98. The molecule has 0 saturated carbocycles. The van der Waals surface area contributed by atoms with Gasteiger partial charge in [0.25, 0.3) is 0 Å². The molecule has 0 amide bonds. The van der Waals surface area contributed by atoms with Gasteiger partial charge in [-0.15, -0.1) is 11.3 Å². The molecule has 0 radical (unpaired) electrons. The smallest absolute Gasteiger partial charge is 0.332 e. The Bertz CT molecular complexity index is 1040. The third-order valence-electron chi connectivity index (χ3n) is 3.62. The van der Waals surface area contributed by atoms with Crippen LogP contribution in [-0.2, 0) is 6.18 Å². The Kier molecular flexibility index (Phi) is 3.69.